The van der Waals surface area contributed by atoms with Gasteiger partial charge in [-0.05, 0) is 97.6 Å². The zero-order valence-corrected chi connectivity index (χ0v) is 20.3. The van der Waals surface area contributed by atoms with Crippen molar-refractivity contribution >= 4 is 6.08 Å². The molecule has 0 spiro atoms. The summed E-state index contributed by atoms with van der Waals surface area (Å²) in [5.74, 6) is 5.65. The molecule has 7 atom stereocenters. The lowest BCUT2D eigenvalue weighted by molar-refractivity contribution is -0.152. The van der Waals surface area contributed by atoms with Crippen molar-refractivity contribution in [2.75, 3.05) is 6.67 Å². The van der Waals surface area contributed by atoms with Gasteiger partial charge in [0.1, 0.15) is 18.1 Å². The van der Waals surface area contributed by atoms with E-state index in [-0.39, 0.29) is 29.0 Å². The molecule has 4 nitrogen and oxygen atoms in total. The Labute approximate surface area is 205 Å². The number of aliphatic hydroxyl groups is 2. The number of alkyl halides is 1. The summed E-state index contributed by atoms with van der Waals surface area (Å²) in [5, 5.41) is 27.7. The first-order valence-corrected chi connectivity index (χ1v) is 12.7. The molecule has 3 fully saturated rings. The summed E-state index contributed by atoms with van der Waals surface area (Å²) < 4.78 is 28.2. The van der Waals surface area contributed by atoms with Crippen LogP contribution in [0.1, 0.15) is 57.2 Å². The maximum absolute atomic E-state index is 13.5. The summed E-state index contributed by atoms with van der Waals surface area (Å²) in [6.07, 6.45) is 8.11. The normalized spacial score (nSPS) is 39.4. The number of benzene rings is 1. The van der Waals surface area contributed by atoms with Crippen molar-refractivity contribution < 1.29 is 19.0 Å². The molecule has 35 heavy (non-hydrogen) atoms. The van der Waals surface area contributed by atoms with Crippen molar-refractivity contribution in [1.82, 2.24) is 9.78 Å². The Morgan fingerprint density at radius 1 is 1.20 bits per heavy atom. The van der Waals surface area contributed by atoms with Gasteiger partial charge in [0.15, 0.2) is 0 Å². The first-order chi connectivity index (χ1) is 16.7. The Bertz CT molecular complexity index is 1260. The fourth-order valence-corrected chi connectivity index (χ4v) is 8.36. The van der Waals surface area contributed by atoms with Gasteiger partial charge in [-0.1, -0.05) is 31.3 Å². The van der Waals surface area contributed by atoms with Crippen LogP contribution >= 0.6 is 0 Å². The lowest BCUT2D eigenvalue weighted by atomic mass is 9.45. The molecule has 4 aliphatic carbocycles. The Morgan fingerprint density at radius 2 is 1.97 bits per heavy atom. The fourth-order valence-electron chi connectivity index (χ4n) is 8.36. The number of hydrogen-bond acceptors (Lipinski definition) is 3. The van der Waals surface area contributed by atoms with Gasteiger partial charge in [0.05, 0.1) is 23.7 Å². The SMILES string of the molecule is C[C@]12Cc3cnn(-c4ccc(F)cc4)c3C=C1CCC1C2[C@@H](O)C[C@@]2(C)C1CC[C@@]2(O)C#CCF. The minimum atomic E-state index is -1.25. The van der Waals surface area contributed by atoms with E-state index in [1.54, 1.807) is 12.1 Å². The number of hydrogen-bond donors (Lipinski definition) is 2. The highest BCUT2D eigenvalue weighted by molar-refractivity contribution is 5.61. The van der Waals surface area contributed by atoms with E-state index in [0.717, 1.165) is 42.6 Å². The molecule has 0 saturated heterocycles. The van der Waals surface area contributed by atoms with Gasteiger partial charge in [-0.25, -0.2) is 13.5 Å². The number of nitrogens with zero attached hydrogens (tertiary/aromatic N) is 2. The summed E-state index contributed by atoms with van der Waals surface area (Å²) in [4.78, 5) is 0. The lowest BCUT2D eigenvalue weighted by Crippen LogP contribution is -2.59. The van der Waals surface area contributed by atoms with Gasteiger partial charge in [0, 0.05) is 5.41 Å². The average molecular weight is 479 g/mol. The number of rotatable bonds is 1. The van der Waals surface area contributed by atoms with E-state index >= 15 is 0 Å². The predicted octanol–water partition coefficient (Wildman–Crippen LogP) is 4.87. The van der Waals surface area contributed by atoms with Crippen LogP contribution in [0.3, 0.4) is 0 Å². The second-order valence-electron chi connectivity index (χ2n) is 11.6. The minimum Gasteiger partial charge on any atom is -0.393 e. The van der Waals surface area contributed by atoms with E-state index < -0.39 is 23.8 Å². The highest BCUT2D eigenvalue weighted by atomic mass is 19.1. The highest BCUT2D eigenvalue weighted by Gasteiger charge is 2.66. The van der Waals surface area contributed by atoms with Crippen LogP contribution in [0.2, 0.25) is 0 Å². The van der Waals surface area contributed by atoms with Gasteiger partial charge >= 0.3 is 0 Å². The summed E-state index contributed by atoms with van der Waals surface area (Å²) in [6.45, 7) is 3.57. The number of halogens is 2. The fraction of sp³-hybridized carbons (Fsp3) is 0.552. The van der Waals surface area contributed by atoms with Gasteiger partial charge < -0.3 is 10.2 Å². The van der Waals surface area contributed by atoms with Crippen molar-refractivity contribution in [1.29, 1.82) is 0 Å². The van der Waals surface area contributed by atoms with Crippen molar-refractivity contribution in [2.45, 2.75) is 64.1 Å². The predicted molar refractivity (Wildman–Crippen MR) is 130 cm³/mol. The van der Waals surface area contributed by atoms with Crippen molar-refractivity contribution in [3.05, 3.63) is 53.1 Å². The van der Waals surface area contributed by atoms with Crippen molar-refractivity contribution in [2.24, 2.45) is 28.6 Å². The van der Waals surface area contributed by atoms with Crippen molar-refractivity contribution in [3.8, 4) is 17.5 Å². The molecule has 0 amide bonds. The zero-order chi connectivity index (χ0) is 24.6. The zero-order valence-electron chi connectivity index (χ0n) is 20.3. The van der Waals surface area contributed by atoms with E-state index in [4.69, 9.17) is 0 Å². The Kier molecular flexibility index (Phi) is 5.08. The molecule has 6 heteroatoms. The lowest BCUT2D eigenvalue weighted by Gasteiger charge is -2.60. The summed E-state index contributed by atoms with van der Waals surface area (Å²) in [6, 6.07) is 6.38. The Hall–Kier alpha value is -2.49. The van der Waals surface area contributed by atoms with Crippen LogP contribution in [0, 0.1) is 46.2 Å². The summed E-state index contributed by atoms with van der Waals surface area (Å²) >= 11 is 0. The molecule has 184 valence electrons. The van der Waals surface area contributed by atoms with Crippen LogP contribution in [-0.2, 0) is 6.42 Å². The molecule has 0 radical (unpaired) electrons. The van der Waals surface area contributed by atoms with Gasteiger partial charge in [0.2, 0.25) is 0 Å². The molecule has 6 rings (SSSR count). The standard InChI is InChI=1S/C29H32F2N2O2/c1-27-15-18-17-32-33(21-7-5-20(31)6-8-21)24(18)14-19(27)4-9-22-23-10-12-29(35,11-3-13-30)28(23,2)16-25(34)26(22)27/h5-8,14,17,22-23,25-26,34-35H,4,9-10,12-13,15-16H2,1-2H3/t22?,23?,25-,26?,27-,28-,29-/m0/s1. The van der Waals surface area contributed by atoms with Gasteiger partial charge in [-0.3, -0.25) is 0 Å². The van der Waals surface area contributed by atoms with Crippen LogP contribution in [0.5, 0.6) is 0 Å². The maximum Gasteiger partial charge on any atom is 0.150 e. The molecule has 2 aromatic rings. The number of allylic oxidation sites excluding steroid dienone is 1. The molecule has 1 heterocycles. The first kappa shape index (κ1) is 22.9. The van der Waals surface area contributed by atoms with Gasteiger partial charge in [-0.2, -0.15) is 5.10 Å². The first-order valence-electron chi connectivity index (χ1n) is 12.7. The second-order valence-corrected chi connectivity index (χ2v) is 11.6. The average Bonchev–Trinajstić information content (AvgIpc) is 3.33. The maximum atomic E-state index is 13.5. The number of fused-ring (bicyclic) bond motifs is 6. The third-order valence-corrected chi connectivity index (χ3v) is 10.0. The molecular formula is C29H32F2N2O2. The highest BCUT2D eigenvalue weighted by Crippen LogP contribution is 2.67. The third-order valence-electron chi connectivity index (χ3n) is 10.0. The van der Waals surface area contributed by atoms with Crippen LogP contribution in [0.25, 0.3) is 11.8 Å². The number of aliphatic hydroxyl groups excluding tert-OH is 1. The largest absolute Gasteiger partial charge is 0.393 e. The van der Waals surface area contributed by atoms with Crippen molar-refractivity contribution in [3.63, 3.8) is 0 Å². The van der Waals surface area contributed by atoms with E-state index in [1.165, 1.54) is 17.7 Å². The monoisotopic (exact) mass is 478 g/mol. The van der Waals surface area contributed by atoms with E-state index in [0.29, 0.717) is 12.8 Å². The molecule has 1 aromatic heterocycles. The molecule has 0 aliphatic heterocycles. The summed E-state index contributed by atoms with van der Waals surface area (Å²) in [7, 11) is 0. The molecule has 3 unspecified atom stereocenters. The molecule has 0 bridgehead atoms. The third kappa shape index (κ3) is 3.14. The summed E-state index contributed by atoms with van der Waals surface area (Å²) in [5.41, 5.74) is 2.35. The van der Waals surface area contributed by atoms with Gasteiger partial charge in [-0.15, -0.1) is 0 Å². The van der Waals surface area contributed by atoms with Crippen LogP contribution in [0.4, 0.5) is 8.78 Å². The topological polar surface area (TPSA) is 58.3 Å². The quantitative estimate of drug-likeness (QED) is 0.575. The Balaban J connectivity index is 1.36. The molecule has 3 saturated carbocycles. The number of aromatic nitrogens is 2. The Morgan fingerprint density at radius 3 is 2.71 bits per heavy atom. The molecule has 2 N–H and O–H groups in total. The second kappa shape index (κ2) is 7.75. The minimum absolute atomic E-state index is 0.0828. The van der Waals surface area contributed by atoms with Crippen LogP contribution < -0.4 is 0 Å². The van der Waals surface area contributed by atoms with Crippen LogP contribution in [-0.4, -0.2) is 38.4 Å². The molecule has 1 aromatic carbocycles. The van der Waals surface area contributed by atoms with Gasteiger partial charge in [0.25, 0.3) is 0 Å². The molecule has 4 aliphatic rings. The smallest absolute Gasteiger partial charge is 0.150 e. The van der Waals surface area contributed by atoms with Crippen LogP contribution in [0.15, 0.2) is 36.0 Å². The van der Waals surface area contributed by atoms with E-state index in [9.17, 15) is 19.0 Å². The molecular weight excluding hydrogens is 446 g/mol. The van der Waals surface area contributed by atoms with E-state index in [1.807, 2.05) is 10.9 Å². The van der Waals surface area contributed by atoms with E-state index in [2.05, 4.69) is 36.9 Å².